The number of amides is 1. The molecule has 0 saturated heterocycles. The topological polar surface area (TPSA) is 56.1 Å². The maximum absolute atomic E-state index is 12.0. The van der Waals surface area contributed by atoms with E-state index in [0.29, 0.717) is 13.2 Å². The fourth-order valence-corrected chi connectivity index (χ4v) is 4.85. The largest absolute Gasteiger partial charge is 0.493 e. The third-order valence-electron chi connectivity index (χ3n) is 5.96. The molecule has 1 amide bonds. The number of imidazole rings is 1. The van der Waals surface area contributed by atoms with E-state index in [1.54, 1.807) is 0 Å². The molecule has 0 aliphatic rings. The Labute approximate surface area is 205 Å². The van der Waals surface area contributed by atoms with Crippen molar-refractivity contribution in [1.29, 1.82) is 0 Å². The molecule has 2 heterocycles. The van der Waals surface area contributed by atoms with Crippen LogP contribution in [-0.2, 0) is 13.0 Å². The summed E-state index contributed by atoms with van der Waals surface area (Å²) in [5.74, 6) is 2.13. The first kappa shape index (κ1) is 24.0. The van der Waals surface area contributed by atoms with E-state index in [9.17, 15) is 4.79 Å². The van der Waals surface area contributed by atoms with Gasteiger partial charge in [0.1, 0.15) is 11.6 Å². The van der Waals surface area contributed by atoms with Crippen LogP contribution in [0.2, 0.25) is 0 Å². The average Bonchev–Trinajstić information content (AvgIpc) is 3.48. The molecule has 0 aliphatic carbocycles. The van der Waals surface area contributed by atoms with Gasteiger partial charge >= 0.3 is 0 Å². The lowest BCUT2D eigenvalue weighted by Gasteiger charge is -2.12. The van der Waals surface area contributed by atoms with E-state index in [4.69, 9.17) is 9.72 Å². The zero-order valence-electron chi connectivity index (χ0n) is 20.0. The van der Waals surface area contributed by atoms with E-state index in [1.807, 2.05) is 23.6 Å². The molecule has 5 nitrogen and oxygen atoms in total. The number of thiophene rings is 1. The Bertz CT molecular complexity index is 1210. The summed E-state index contributed by atoms with van der Waals surface area (Å²) in [7, 11) is 0. The van der Waals surface area contributed by atoms with E-state index in [0.717, 1.165) is 60.6 Å². The van der Waals surface area contributed by atoms with Gasteiger partial charge in [-0.1, -0.05) is 42.3 Å². The third-order valence-corrected chi connectivity index (χ3v) is 6.82. The second-order valence-electron chi connectivity index (χ2n) is 8.68. The van der Waals surface area contributed by atoms with Gasteiger partial charge < -0.3 is 14.6 Å². The third kappa shape index (κ3) is 6.26. The van der Waals surface area contributed by atoms with Crippen LogP contribution in [0.3, 0.4) is 0 Å². The maximum atomic E-state index is 12.0. The molecule has 0 aliphatic heterocycles. The van der Waals surface area contributed by atoms with Crippen molar-refractivity contribution in [3.05, 3.63) is 81.8 Å². The van der Waals surface area contributed by atoms with Crippen molar-refractivity contribution >= 4 is 28.3 Å². The van der Waals surface area contributed by atoms with Gasteiger partial charge in [-0.25, -0.2) is 4.98 Å². The smallest absolute Gasteiger partial charge is 0.261 e. The summed E-state index contributed by atoms with van der Waals surface area (Å²) in [6, 6.07) is 18.4. The van der Waals surface area contributed by atoms with Crippen molar-refractivity contribution < 1.29 is 9.53 Å². The van der Waals surface area contributed by atoms with E-state index in [1.165, 1.54) is 28.0 Å². The van der Waals surface area contributed by atoms with Crippen LogP contribution in [0, 0.1) is 13.8 Å². The molecular formula is C28H33N3O2S. The van der Waals surface area contributed by atoms with Crippen LogP contribution in [0.15, 0.2) is 60.0 Å². The lowest BCUT2D eigenvalue weighted by Crippen LogP contribution is -2.23. The molecule has 4 rings (SSSR count). The number of rotatable bonds is 12. The van der Waals surface area contributed by atoms with Crippen LogP contribution in [0.25, 0.3) is 11.0 Å². The van der Waals surface area contributed by atoms with Crippen molar-refractivity contribution in [2.24, 2.45) is 0 Å². The monoisotopic (exact) mass is 475 g/mol. The molecular weight excluding hydrogens is 442 g/mol. The molecule has 2 aromatic heterocycles. The number of aryl methyl sites for hydroxylation is 4. The van der Waals surface area contributed by atoms with Crippen LogP contribution in [0.5, 0.6) is 5.75 Å². The number of aromatic nitrogens is 2. The van der Waals surface area contributed by atoms with Crippen molar-refractivity contribution in [3.63, 3.8) is 0 Å². The maximum Gasteiger partial charge on any atom is 0.261 e. The van der Waals surface area contributed by atoms with Gasteiger partial charge in [-0.05, 0) is 68.3 Å². The van der Waals surface area contributed by atoms with Gasteiger partial charge in [0.05, 0.1) is 22.5 Å². The van der Waals surface area contributed by atoms with Gasteiger partial charge in [-0.15, -0.1) is 11.3 Å². The quantitative estimate of drug-likeness (QED) is 0.244. The first-order chi connectivity index (χ1) is 16.6. The molecule has 6 heteroatoms. The van der Waals surface area contributed by atoms with Crippen molar-refractivity contribution in [1.82, 2.24) is 14.9 Å². The van der Waals surface area contributed by atoms with Crippen LogP contribution in [0.4, 0.5) is 0 Å². The zero-order valence-corrected chi connectivity index (χ0v) is 20.9. The van der Waals surface area contributed by atoms with Gasteiger partial charge in [-0.2, -0.15) is 0 Å². The minimum atomic E-state index is 0.0276. The average molecular weight is 476 g/mol. The summed E-state index contributed by atoms with van der Waals surface area (Å²) in [5.41, 5.74) is 4.67. The number of carbonyl (C=O) groups excluding carboxylic acids is 1. The first-order valence-electron chi connectivity index (χ1n) is 12.1. The highest BCUT2D eigenvalue weighted by Crippen LogP contribution is 2.21. The highest BCUT2D eigenvalue weighted by atomic mass is 32.1. The predicted octanol–water partition coefficient (Wildman–Crippen LogP) is 6.33. The zero-order chi connectivity index (χ0) is 23.8. The van der Waals surface area contributed by atoms with E-state index >= 15 is 0 Å². The molecule has 178 valence electrons. The number of unbranched alkanes of at least 4 members (excludes halogenated alkanes) is 2. The standard InChI is InChI=1S/C28H33N3O2S/c1-21-14-15-25(22(2)20-21)33-18-9-17-31-24-11-6-5-10-23(24)30-27(31)13-4-3-7-16-29-28(32)26-12-8-19-34-26/h5-6,8,10-12,14-15,19-20H,3-4,7,9,13,16-18H2,1-2H3,(H,29,32). The molecule has 0 spiro atoms. The van der Waals surface area contributed by atoms with Crippen molar-refractivity contribution in [2.75, 3.05) is 13.2 Å². The number of para-hydroxylation sites is 2. The number of ether oxygens (including phenoxy) is 1. The van der Waals surface area contributed by atoms with Crippen molar-refractivity contribution in [2.45, 2.75) is 52.5 Å². The van der Waals surface area contributed by atoms with E-state index < -0.39 is 0 Å². The highest BCUT2D eigenvalue weighted by Gasteiger charge is 2.11. The molecule has 0 unspecified atom stereocenters. The molecule has 0 radical (unpaired) electrons. The summed E-state index contributed by atoms with van der Waals surface area (Å²) in [6.07, 6.45) is 4.95. The molecule has 0 saturated carbocycles. The lowest BCUT2D eigenvalue weighted by atomic mass is 10.1. The summed E-state index contributed by atoms with van der Waals surface area (Å²) in [5, 5.41) is 4.94. The Morgan fingerprint density at radius 1 is 1.03 bits per heavy atom. The lowest BCUT2D eigenvalue weighted by molar-refractivity contribution is 0.0957. The SMILES string of the molecule is Cc1ccc(OCCCn2c(CCCCCNC(=O)c3cccs3)nc3ccccc32)c(C)c1. The highest BCUT2D eigenvalue weighted by molar-refractivity contribution is 7.12. The number of benzene rings is 2. The Balaban J connectivity index is 1.26. The van der Waals surface area contributed by atoms with Crippen LogP contribution >= 0.6 is 11.3 Å². The van der Waals surface area contributed by atoms with Crippen LogP contribution in [0.1, 0.15) is 52.3 Å². The van der Waals surface area contributed by atoms with Gasteiger partial charge in [0.25, 0.3) is 5.91 Å². The van der Waals surface area contributed by atoms with Crippen LogP contribution in [-0.4, -0.2) is 28.6 Å². The van der Waals surface area contributed by atoms with Gasteiger partial charge in [0.15, 0.2) is 0 Å². The second kappa shape index (κ2) is 11.8. The van der Waals surface area contributed by atoms with E-state index in [-0.39, 0.29) is 5.91 Å². The van der Waals surface area contributed by atoms with Gasteiger partial charge in [0.2, 0.25) is 0 Å². The summed E-state index contributed by atoms with van der Waals surface area (Å²) in [6.45, 7) is 6.47. The minimum Gasteiger partial charge on any atom is -0.493 e. The number of fused-ring (bicyclic) bond motifs is 1. The molecule has 0 fully saturated rings. The second-order valence-corrected chi connectivity index (χ2v) is 9.63. The Hall–Kier alpha value is -3.12. The normalized spacial score (nSPS) is 11.1. The summed E-state index contributed by atoms with van der Waals surface area (Å²) in [4.78, 5) is 17.7. The van der Waals surface area contributed by atoms with Crippen molar-refractivity contribution in [3.8, 4) is 5.75 Å². The first-order valence-corrected chi connectivity index (χ1v) is 13.0. The number of carbonyl (C=O) groups is 1. The van der Waals surface area contributed by atoms with Crippen LogP contribution < -0.4 is 10.1 Å². The van der Waals surface area contributed by atoms with E-state index in [2.05, 4.69) is 60.1 Å². The molecule has 4 aromatic rings. The molecule has 1 N–H and O–H groups in total. The fraction of sp³-hybridized carbons (Fsp3) is 0.357. The molecule has 0 atom stereocenters. The van der Waals surface area contributed by atoms with Gasteiger partial charge in [-0.3, -0.25) is 4.79 Å². The molecule has 2 aromatic carbocycles. The fourth-order valence-electron chi connectivity index (χ4n) is 4.21. The summed E-state index contributed by atoms with van der Waals surface area (Å²) >= 11 is 1.48. The number of hydrogen-bond acceptors (Lipinski definition) is 4. The molecule has 34 heavy (non-hydrogen) atoms. The van der Waals surface area contributed by atoms with Gasteiger partial charge in [0, 0.05) is 19.5 Å². The number of hydrogen-bond donors (Lipinski definition) is 1. The molecule has 0 bridgehead atoms. The number of nitrogens with one attached hydrogen (secondary N) is 1. The predicted molar refractivity (Wildman–Crippen MR) is 140 cm³/mol. The Morgan fingerprint density at radius 3 is 2.74 bits per heavy atom. The number of nitrogens with zero attached hydrogens (tertiary/aromatic N) is 2. The summed E-state index contributed by atoms with van der Waals surface area (Å²) < 4.78 is 8.39. The minimum absolute atomic E-state index is 0.0276. The Kier molecular flexibility index (Phi) is 8.36. The Morgan fingerprint density at radius 2 is 1.91 bits per heavy atom.